The summed E-state index contributed by atoms with van der Waals surface area (Å²) in [5.74, 6) is -0.447. The summed E-state index contributed by atoms with van der Waals surface area (Å²) in [5.41, 5.74) is -0.927. The number of hydrogen-bond acceptors (Lipinski definition) is 11. The van der Waals surface area contributed by atoms with Crippen molar-refractivity contribution in [2.24, 2.45) is 5.92 Å². The summed E-state index contributed by atoms with van der Waals surface area (Å²) >= 11 is 0. The highest BCUT2D eigenvalue weighted by molar-refractivity contribution is 5.86. The van der Waals surface area contributed by atoms with Gasteiger partial charge in [0.05, 0.1) is 26.6 Å². The Hall–Kier alpha value is -3.31. The number of carbonyl (C=O) groups is 3. The molecule has 47 heavy (non-hydrogen) atoms. The highest BCUT2D eigenvalue weighted by Crippen LogP contribution is 2.42. The van der Waals surface area contributed by atoms with Crippen LogP contribution in [0.4, 0.5) is 0 Å². The topological polar surface area (TPSA) is 130 Å². The van der Waals surface area contributed by atoms with Crippen molar-refractivity contribution in [1.29, 1.82) is 0 Å². The summed E-state index contributed by atoms with van der Waals surface area (Å²) in [7, 11) is 2.77. The number of hydrogen-bond donors (Lipinski definition) is 1. The summed E-state index contributed by atoms with van der Waals surface area (Å²) in [4.78, 5) is 41.8. The van der Waals surface area contributed by atoms with E-state index in [1.807, 2.05) is 32.1 Å². The number of nitrogens with zero attached hydrogens (tertiary/aromatic N) is 1. The Morgan fingerprint density at radius 3 is 2.47 bits per heavy atom. The standard InChI is InChI=1S/C36H51NO10/c1-35(2,47-33(39)24-11-7-8-12-24)15-10-16-36(41,21-31(38)43-4)34(40)46-32-27-22-37(17-9-5-6-13-28(32)42-3)18-14-25-19-29-30(20-26(25)27)45-23-44-29/h13,19-20,24,27,32,41H,5-12,14-18,21-23H2,1-4H3/b28-13+/t27-,32+,36-/m1/s1. The number of esters is 3. The Balaban J connectivity index is 1.40. The molecule has 0 saturated heterocycles. The van der Waals surface area contributed by atoms with Crippen LogP contribution < -0.4 is 9.47 Å². The van der Waals surface area contributed by atoms with Crippen LogP contribution in [0.2, 0.25) is 0 Å². The van der Waals surface area contributed by atoms with Crippen LogP contribution in [0.3, 0.4) is 0 Å². The second-order valence-corrected chi connectivity index (χ2v) is 14.0. The van der Waals surface area contributed by atoms with Crippen molar-refractivity contribution >= 4 is 17.9 Å². The minimum Gasteiger partial charge on any atom is -0.497 e. The van der Waals surface area contributed by atoms with Crippen LogP contribution in [0.5, 0.6) is 11.5 Å². The molecule has 1 N–H and O–H groups in total. The molecule has 1 aromatic carbocycles. The van der Waals surface area contributed by atoms with Gasteiger partial charge in [0.15, 0.2) is 23.2 Å². The zero-order valence-electron chi connectivity index (χ0n) is 28.3. The van der Waals surface area contributed by atoms with Crippen molar-refractivity contribution in [3.63, 3.8) is 0 Å². The van der Waals surface area contributed by atoms with Crippen LogP contribution in [-0.2, 0) is 39.8 Å². The third-order valence-corrected chi connectivity index (χ3v) is 10.1. The molecule has 260 valence electrons. The Morgan fingerprint density at radius 2 is 1.74 bits per heavy atom. The zero-order chi connectivity index (χ0) is 33.6. The average Bonchev–Trinajstić information content (AvgIpc) is 3.71. The van der Waals surface area contributed by atoms with Crippen LogP contribution in [0, 0.1) is 5.92 Å². The minimum absolute atomic E-state index is 0.0778. The molecule has 0 spiro atoms. The van der Waals surface area contributed by atoms with Gasteiger partial charge in [-0.1, -0.05) is 12.8 Å². The van der Waals surface area contributed by atoms with Gasteiger partial charge in [-0.05, 0) is 108 Å². The van der Waals surface area contributed by atoms with Gasteiger partial charge in [-0.3, -0.25) is 9.59 Å². The van der Waals surface area contributed by atoms with E-state index in [9.17, 15) is 19.5 Å². The number of aliphatic hydroxyl groups is 1. The SMILES string of the molecule is COC(=O)C[C@](O)(CCCC(C)(C)OC(=O)C1CCCC1)C(=O)O[C@@H]1/C(OC)=C\CCCCN2CCc3cc4c(cc3[C@H]1C2)OCO4. The highest BCUT2D eigenvalue weighted by atomic mass is 16.7. The molecular weight excluding hydrogens is 606 g/mol. The van der Waals surface area contributed by atoms with E-state index < -0.39 is 35.7 Å². The molecule has 4 atom stereocenters. The molecule has 11 heteroatoms. The minimum atomic E-state index is -2.17. The van der Waals surface area contributed by atoms with Gasteiger partial charge in [-0.15, -0.1) is 0 Å². The van der Waals surface area contributed by atoms with E-state index in [0.29, 0.717) is 36.6 Å². The molecule has 1 aromatic rings. The second kappa shape index (κ2) is 15.3. The first-order valence-corrected chi connectivity index (χ1v) is 17.1. The molecule has 4 aliphatic rings. The fourth-order valence-corrected chi connectivity index (χ4v) is 7.32. The quantitative estimate of drug-likeness (QED) is 0.256. The van der Waals surface area contributed by atoms with E-state index in [2.05, 4.69) is 4.90 Å². The lowest BCUT2D eigenvalue weighted by molar-refractivity contribution is -0.179. The van der Waals surface area contributed by atoms with Gasteiger partial charge in [0, 0.05) is 19.0 Å². The molecule has 0 radical (unpaired) electrons. The summed E-state index contributed by atoms with van der Waals surface area (Å²) in [6, 6.07) is 3.99. The first kappa shape index (κ1) is 35.0. The molecule has 3 aliphatic heterocycles. The molecule has 5 rings (SSSR count). The number of fused-ring (bicyclic) bond motifs is 5. The lowest BCUT2D eigenvalue weighted by atomic mass is 9.86. The Kier molecular flexibility index (Phi) is 11.4. The van der Waals surface area contributed by atoms with Crippen molar-refractivity contribution in [3.05, 3.63) is 35.1 Å². The summed E-state index contributed by atoms with van der Waals surface area (Å²) in [5, 5.41) is 11.9. The number of ether oxygens (including phenoxy) is 6. The van der Waals surface area contributed by atoms with E-state index >= 15 is 0 Å². The maximum absolute atomic E-state index is 14.1. The van der Waals surface area contributed by atoms with E-state index in [4.69, 9.17) is 28.4 Å². The Labute approximate surface area is 277 Å². The van der Waals surface area contributed by atoms with Crippen LogP contribution in [0.25, 0.3) is 0 Å². The predicted molar refractivity (Wildman–Crippen MR) is 172 cm³/mol. The first-order valence-electron chi connectivity index (χ1n) is 17.1. The maximum atomic E-state index is 14.1. The van der Waals surface area contributed by atoms with Crippen LogP contribution in [-0.4, -0.2) is 85.9 Å². The van der Waals surface area contributed by atoms with Gasteiger partial charge < -0.3 is 38.4 Å². The van der Waals surface area contributed by atoms with E-state index in [0.717, 1.165) is 75.6 Å². The largest absolute Gasteiger partial charge is 0.497 e. The zero-order valence-corrected chi connectivity index (χ0v) is 28.3. The molecule has 1 unspecified atom stereocenters. The van der Waals surface area contributed by atoms with Crippen LogP contribution in [0.15, 0.2) is 24.0 Å². The van der Waals surface area contributed by atoms with Gasteiger partial charge in [0.1, 0.15) is 11.4 Å². The number of benzene rings is 1. The van der Waals surface area contributed by atoms with Gasteiger partial charge >= 0.3 is 17.9 Å². The second-order valence-electron chi connectivity index (χ2n) is 14.0. The molecule has 0 aromatic heterocycles. The first-order chi connectivity index (χ1) is 22.5. The fraction of sp³-hybridized carbons (Fsp3) is 0.694. The molecule has 1 fully saturated rings. The van der Waals surface area contributed by atoms with Crippen molar-refractivity contribution in [3.8, 4) is 11.5 Å². The third-order valence-electron chi connectivity index (χ3n) is 10.1. The molecule has 2 bridgehead atoms. The van der Waals surface area contributed by atoms with Crippen LogP contribution in [0.1, 0.15) is 102 Å². The molecule has 1 aliphatic carbocycles. The Bertz CT molecular complexity index is 1320. The van der Waals surface area contributed by atoms with Crippen molar-refractivity contribution in [2.75, 3.05) is 40.6 Å². The van der Waals surface area contributed by atoms with Crippen molar-refractivity contribution in [2.45, 2.75) is 114 Å². The van der Waals surface area contributed by atoms with Crippen molar-refractivity contribution in [1.82, 2.24) is 4.90 Å². The summed E-state index contributed by atoms with van der Waals surface area (Å²) < 4.78 is 34.3. The molecule has 11 nitrogen and oxygen atoms in total. The number of allylic oxidation sites excluding steroid dienone is 1. The molecule has 1 saturated carbocycles. The van der Waals surface area contributed by atoms with Crippen molar-refractivity contribution < 1.29 is 47.9 Å². The van der Waals surface area contributed by atoms with Gasteiger partial charge in [-0.2, -0.15) is 0 Å². The lowest BCUT2D eigenvalue weighted by Gasteiger charge is -2.35. The number of rotatable bonds is 11. The predicted octanol–water partition coefficient (Wildman–Crippen LogP) is 4.96. The maximum Gasteiger partial charge on any atom is 0.339 e. The summed E-state index contributed by atoms with van der Waals surface area (Å²) in [6.07, 6.45) is 8.35. The normalized spacial score (nSPS) is 25.3. The molecule has 0 amide bonds. The highest BCUT2D eigenvalue weighted by Gasteiger charge is 2.45. The number of methoxy groups -OCH3 is 2. The monoisotopic (exact) mass is 657 g/mol. The lowest BCUT2D eigenvalue weighted by Crippen LogP contribution is -2.46. The van der Waals surface area contributed by atoms with E-state index in [1.54, 1.807) is 7.11 Å². The third kappa shape index (κ3) is 8.59. The summed E-state index contributed by atoms with van der Waals surface area (Å²) in [6.45, 7) is 6.14. The average molecular weight is 658 g/mol. The number of carbonyl (C=O) groups excluding carboxylic acids is 3. The van der Waals surface area contributed by atoms with Gasteiger partial charge in [0.2, 0.25) is 6.79 Å². The van der Waals surface area contributed by atoms with E-state index in [1.165, 1.54) is 7.11 Å². The van der Waals surface area contributed by atoms with Gasteiger partial charge in [0.25, 0.3) is 0 Å². The van der Waals surface area contributed by atoms with Gasteiger partial charge in [-0.25, -0.2) is 4.79 Å². The van der Waals surface area contributed by atoms with Crippen LogP contribution >= 0.6 is 0 Å². The van der Waals surface area contributed by atoms with E-state index in [-0.39, 0.29) is 31.0 Å². The Morgan fingerprint density at radius 1 is 1.00 bits per heavy atom. The molecule has 3 heterocycles. The fourth-order valence-electron chi connectivity index (χ4n) is 7.32. The smallest absolute Gasteiger partial charge is 0.339 e. The molecular formula is C36H51NO10.